The highest BCUT2D eigenvalue weighted by molar-refractivity contribution is 7.99. The van der Waals surface area contributed by atoms with Crippen LogP contribution in [-0.2, 0) is 9.52 Å². The van der Waals surface area contributed by atoms with Crippen molar-refractivity contribution in [2.45, 2.75) is 20.0 Å². The van der Waals surface area contributed by atoms with E-state index in [0.717, 1.165) is 0 Å². The first kappa shape index (κ1) is 25.3. The molecule has 1 atom stereocenters. The maximum Gasteiger partial charge on any atom is 0.257 e. The molecular weight excluding hydrogens is 474 g/mol. The third kappa shape index (κ3) is 7.89. The second-order valence-corrected chi connectivity index (χ2v) is 11.6. The van der Waals surface area contributed by atoms with Gasteiger partial charge in [-0.1, -0.05) is 0 Å². The summed E-state index contributed by atoms with van der Waals surface area (Å²) in [6.07, 6.45) is 3.08. The van der Waals surface area contributed by atoms with Crippen LogP contribution in [0, 0.1) is 0 Å². The monoisotopic (exact) mass is 501 g/mol. The van der Waals surface area contributed by atoms with Crippen molar-refractivity contribution in [3.8, 4) is 17.2 Å². The van der Waals surface area contributed by atoms with Gasteiger partial charge in [0.2, 0.25) is 0 Å². The number of anilines is 1. The summed E-state index contributed by atoms with van der Waals surface area (Å²) < 4.78 is 23.4. The van der Waals surface area contributed by atoms with Gasteiger partial charge in [0.25, 0.3) is 11.8 Å². The number of benzene rings is 2. The van der Waals surface area contributed by atoms with E-state index >= 15 is 0 Å². The van der Waals surface area contributed by atoms with Crippen molar-refractivity contribution >= 4 is 43.7 Å². The van der Waals surface area contributed by atoms with Crippen LogP contribution in [0.5, 0.6) is 17.2 Å². The first-order valence-corrected chi connectivity index (χ1v) is 13.7. The number of hydrogen-bond donors (Lipinski definition) is 2. The molecule has 0 fully saturated rings. The average molecular weight is 502 g/mol. The highest BCUT2D eigenvalue weighted by atomic mass is 32.2. The van der Waals surface area contributed by atoms with E-state index in [2.05, 4.69) is 21.5 Å². The smallest absolute Gasteiger partial charge is 0.257 e. The van der Waals surface area contributed by atoms with Crippen LogP contribution in [0.15, 0.2) is 54.0 Å². The molecule has 8 nitrogen and oxygen atoms in total. The van der Waals surface area contributed by atoms with Gasteiger partial charge >= 0.3 is 0 Å². The van der Waals surface area contributed by atoms with Crippen LogP contribution in [-0.4, -0.2) is 51.5 Å². The third-order valence-corrected chi connectivity index (χ3v) is 6.09. The van der Waals surface area contributed by atoms with Crippen LogP contribution in [0.1, 0.15) is 34.6 Å². The zero-order chi connectivity index (χ0) is 24.7. The molecule has 2 N–H and O–H groups in total. The second-order valence-electron chi connectivity index (χ2n) is 7.92. The van der Waals surface area contributed by atoms with Crippen molar-refractivity contribution in [2.24, 2.45) is 0 Å². The molecule has 1 heterocycles. The molecule has 0 saturated carbocycles. The Morgan fingerprint density at radius 1 is 1.06 bits per heavy atom. The normalized spacial score (nSPS) is 12.6. The lowest BCUT2D eigenvalue weighted by Gasteiger charge is -2.14. The zero-order valence-electron chi connectivity index (χ0n) is 19.2. The Labute approximate surface area is 203 Å². The summed E-state index contributed by atoms with van der Waals surface area (Å²) in [5.41, 5.74) is 0.802. The van der Waals surface area contributed by atoms with E-state index in [1.54, 1.807) is 60.3 Å². The van der Waals surface area contributed by atoms with Crippen LogP contribution < -0.4 is 20.1 Å². The Bertz CT molecular complexity index is 1240. The molecular formula is C24H27N3O5S2. The molecule has 3 rings (SSSR count). The van der Waals surface area contributed by atoms with E-state index in [9.17, 15) is 13.8 Å². The number of ether oxygens (including phenoxy) is 2. The number of nitrogens with one attached hydrogen (secondary N) is 2. The lowest BCUT2D eigenvalue weighted by molar-refractivity contribution is 0.0955. The van der Waals surface area contributed by atoms with Crippen LogP contribution in [0.3, 0.4) is 0 Å². The predicted octanol–water partition coefficient (Wildman–Crippen LogP) is 4.05. The fourth-order valence-electron chi connectivity index (χ4n) is 2.85. The van der Waals surface area contributed by atoms with Crippen LogP contribution in [0.4, 0.5) is 5.13 Å². The van der Waals surface area contributed by atoms with E-state index < -0.39 is 9.52 Å². The molecule has 0 radical (unpaired) electrons. The number of aromatic nitrogens is 1. The van der Waals surface area contributed by atoms with Gasteiger partial charge in [0.05, 0.1) is 6.10 Å². The van der Waals surface area contributed by atoms with Crippen LogP contribution >= 0.6 is 11.3 Å². The average Bonchev–Trinajstić information content (AvgIpc) is 3.25. The van der Waals surface area contributed by atoms with E-state index in [0.29, 0.717) is 39.3 Å². The van der Waals surface area contributed by atoms with Crippen molar-refractivity contribution in [3.05, 3.63) is 65.2 Å². The van der Waals surface area contributed by atoms with E-state index in [4.69, 9.17) is 9.47 Å². The molecule has 0 aliphatic heterocycles. The number of carbonyl (C=O) groups is 2. The number of hydrogen-bond acceptors (Lipinski definition) is 7. The highest BCUT2D eigenvalue weighted by Crippen LogP contribution is 2.29. The number of rotatable bonds is 10. The Morgan fingerprint density at radius 2 is 1.76 bits per heavy atom. The fraction of sp³-hybridized carbons (Fsp3) is 0.250. The molecule has 0 saturated heterocycles. The van der Waals surface area contributed by atoms with Crippen molar-refractivity contribution in [2.75, 3.05) is 23.9 Å². The molecule has 1 aromatic heterocycles. The van der Waals surface area contributed by atoms with E-state index in [1.165, 1.54) is 11.3 Å². The lowest BCUT2D eigenvalue weighted by atomic mass is 10.1. The fourth-order valence-corrected chi connectivity index (χ4v) is 3.91. The van der Waals surface area contributed by atoms with Crippen molar-refractivity contribution < 1.29 is 23.3 Å². The van der Waals surface area contributed by atoms with Crippen LogP contribution in [0.2, 0.25) is 0 Å². The Hall–Kier alpha value is -3.37. The molecule has 180 valence electrons. The topological polar surface area (TPSA) is 107 Å². The summed E-state index contributed by atoms with van der Waals surface area (Å²) in [7, 11) is -2.16. The van der Waals surface area contributed by atoms with Gasteiger partial charge in [0.15, 0.2) is 5.13 Å². The summed E-state index contributed by atoms with van der Waals surface area (Å²) in [6.45, 7) is 4.06. The molecule has 0 spiro atoms. The largest absolute Gasteiger partial charge is 0.491 e. The first-order valence-electron chi connectivity index (χ1n) is 10.5. The van der Waals surface area contributed by atoms with E-state index in [-0.39, 0.29) is 24.5 Å². The number of carbonyl (C=O) groups excluding carboxylic acids is 2. The first-order chi connectivity index (χ1) is 16.1. The summed E-state index contributed by atoms with van der Waals surface area (Å²) >= 11 is 1.32. The minimum Gasteiger partial charge on any atom is -0.491 e. The molecule has 0 aliphatic rings. The van der Waals surface area contributed by atoms with E-state index in [1.807, 2.05) is 13.8 Å². The molecule has 3 aromatic rings. The van der Waals surface area contributed by atoms with Gasteiger partial charge in [0, 0.05) is 47.3 Å². The standard InChI is InChI=1S/C24H27N3O5S2/c1-16(2)31-20-13-18(23(29)27-24-26-9-11-33-24)14-21(15-20)32-19-7-5-17(6-8-19)22(28)25-10-12-34(3,4)30/h5-9,11,13-16H,3,10,12H2,1-2,4H3,(H,25,28)(H,26,27,29). The second kappa shape index (κ2) is 11.2. The molecule has 10 heteroatoms. The molecule has 1 unspecified atom stereocenters. The molecule has 0 aliphatic carbocycles. The minimum atomic E-state index is -2.16. The van der Waals surface area contributed by atoms with Gasteiger partial charge in [-0.05, 0) is 65.6 Å². The summed E-state index contributed by atoms with van der Waals surface area (Å²) in [5, 5.41) is 7.74. The quantitative estimate of drug-likeness (QED) is 0.406. The molecule has 0 bridgehead atoms. The molecule has 34 heavy (non-hydrogen) atoms. The summed E-state index contributed by atoms with van der Waals surface area (Å²) in [6, 6.07) is 11.5. The van der Waals surface area contributed by atoms with Crippen LogP contribution in [0.25, 0.3) is 0 Å². The predicted molar refractivity (Wildman–Crippen MR) is 137 cm³/mol. The minimum absolute atomic E-state index is 0.0903. The highest BCUT2D eigenvalue weighted by Gasteiger charge is 2.14. The number of thiazole rings is 1. The van der Waals surface area contributed by atoms with Gasteiger partial charge in [-0.2, -0.15) is 0 Å². The lowest BCUT2D eigenvalue weighted by Crippen LogP contribution is -2.28. The van der Waals surface area contributed by atoms with Crippen molar-refractivity contribution in [1.29, 1.82) is 0 Å². The maximum absolute atomic E-state index is 12.7. The summed E-state index contributed by atoms with van der Waals surface area (Å²) in [5.74, 6) is 4.66. The number of nitrogens with zero attached hydrogens (tertiary/aromatic N) is 1. The Morgan fingerprint density at radius 3 is 2.38 bits per heavy atom. The Kier molecular flexibility index (Phi) is 8.30. The van der Waals surface area contributed by atoms with Crippen molar-refractivity contribution in [1.82, 2.24) is 10.3 Å². The van der Waals surface area contributed by atoms with Gasteiger partial charge in [0.1, 0.15) is 17.2 Å². The third-order valence-electron chi connectivity index (χ3n) is 4.34. The SMILES string of the molecule is C=S(C)(=O)CCNC(=O)c1ccc(Oc2cc(OC(C)C)cc(C(=O)Nc3nccs3)c2)cc1. The zero-order valence-corrected chi connectivity index (χ0v) is 20.8. The Balaban J connectivity index is 1.73. The van der Waals surface area contributed by atoms with Crippen molar-refractivity contribution in [3.63, 3.8) is 0 Å². The maximum atomic E-state index is 12.7. The number of amides is 2. The molecule has 2 aromatic carbocycles. The molecule has 2 amide bonds. The summed E-state index contributed by atoms with van der Waals surface area (Å²) in [4.78, 5) is 29.0. The van der Waals surface area contributed by atoms with Gasteiger partial charge in [-0.15, -0.1) is 11.3 Å². The van der Waals surface area contributed by atoms with Gasteiger partial charge in [-0.25, -0.2) is 4.98 Å². The van der Waals surface area contributed by atoms with Gasteiger partial charge in [-0.3, -0.25) is 19.1 Å². The van der Waals surface area contributed by atoms with Gasteiger partial charge < -0.3 is 14.8 Å².